The van der Waals surface area contributed by atoms with Gasteiger partial charge < -0.3 is 10.4 Å². The summed E-state index contributed by atoms with van der Waals surface area (Å²) in [7, 11) is 0. The number of benzene rings is 1. The summed E-state index contributed by atoms with van der Waals surface area (Å²) >= 11 is 6.81. The summed E-state index contributed by atoms with van der Waals surface area (Å²) in [5, 5.41) is 21.5. The molecule has 0 unspecified atom stereocenters. The maximum absolute atomic E-state index is 12.1. The first-order valence-corrected chi connectivity index (χ1v) is 8.66. The number of thiophene rings is 1. The van der Waals surface area contributed by atoms with Gasteiger partial charge in [0, 0.05) is 25.1 Å². The molecule has 2 heterocycles. The van der Waals surface area contributed by atoms with E-state index in [1.54, 1.807) is 29.5 Å². The predicted molar refractivity (Wildman–Crippen MR) is 95.3 cm³/mol. The summed E-state index contributed by atoms with van der Waals surface area (Å²) < 4.78 is 2.31. The molecule has 0 fully saturated rings. The number of aromatic nitrogens is 3. The Morgan fingerprint density at radius 3 is 2.92 bits per heavy atom. The van der Waals surface area contributed by atoms with Crippen LogP contribution in [0, 0.1) is 4.77 Å². The van der Waals surface area contributed by atoms with E-state index in [2.05, 4.69) is 15.5 Å². The van der Waals surface area contributed by atoms with E-state index in [1.807, 2.05) is 28.1 Å². The SMILES string of the molecule is O=C(CCn1c(-c2cccs2)n[nH]c1=S)NCc1ccccc1O. The fourth-order valence-corrected chi connectivity index (χ4v) is 3.22. The van der Waals surface area contributed by atoms with Gasteiger partial charge in [-0.25, -0.2) is 0 Å². The third-order valence-corrected chi connectivity index (χ3v) is 4.71. The lowest BCUT2D eigenvalue weighted by Crippen LogP contribution is -2.24. The zero-order valence-corrected chi connectivity index (χ0v) is 14.4. The molecule has 0 radical (unpaired) electrons. The zero-order valence-electron chi connectivity index (χ0n) is 12.7. The molecule has 124 valence electrons. The number of H-pyrrole nitrogens is 1. The highest BCUT2D eigenvalue weighted by molar-refractivity contribution is 7.71. The lowest BCUT2D eigenvalue weighted by molar-refractivity contribution is -0.121. The third kappa shape index (κ3) is 3.72. The number of nitrogens with one attached hydrogen (secondary N) is 2. The second kappa shape index (κ2) is 7.41. The summed E-state index contributed by atoms with van der Waals surface area (Å²) in [5.41, 5.74) is 0.685. The molecular weight excluding hydrogens is 344 g/mol. The van der Waals surface area contributed by atoms with Crippen molar-refractivity contribution in [1.82, 2.24) is 20.1 Å². The number of phenols is 1. The molecule has 0 aliphatic carbocycles. The minimum Gasteiger partial charge on any atom is -0.508 e. The Bertz CT molecular complexity index is 884. The number of amides is 1. The molecule has 3 rings (SSSR count). The first-order valence-electron chi connectivity index (χ1n) is 7.38. The molecule has 3 N–H and O–H groups in total. The molecular formula is C16H16N4O2S2. The largest absolute Gasteiger partial charge is 0.508 e. The monoisotopic (exact) mass is 360 g/mol. The van der Waals surface area contributed by atoms with Gasteiger partial charge in [-0.2, -0.15) is 5.10 Å². The molecule has 3 aromatic rings. The van der Waals surface area contributed by atoms with Crippen molar-refractivity contribution in [3.63, 3.8) is 0 Å². The Balaban J connectivity index is 1.60. The van der Waals surface area contributed by atoms with Crippen molar-refractivity contribution in [3.8, 4) is 16.5 Å². The van der Waals surface area contributed by atoms with Gasteiger partial charge in [0.25, 0.3) is 0 Å². The van der Waals surface area contributed by atoms with Gasteiger partial charge in [-0.05, 0) is 29.7 Å². The lowest BCUT2D eigenvalue weighted by atomic mass is 10.2. The van der Waals surface area contributed by atoms with E-state index < -0.39 is 0 Å². The molecule has 0 saturated heterocycles. The Morgan fingerprint density at radius 2 is 2.17 bits per heavy atom. The predicted octanol–water partition coefficient (Wildman–Crippen LogP) is 3.08. The van der Waals surface area contributed by atoms with Crippen LogP contribution in [0.5, 0.6) is 5.75 Å². The van der Waals surface area contributed by atoms with Crippen molar-refractivity contribution in [3.05, 3.63) is 52.1 Å². The highest BCUT2D eigenvalue weighted by atomic mass is 32.1. The quantitative estimate of drug-likeness (QED) is 0.590. The van der Waals surface area contributed by atoms with E-state index in [4.69, 9.17) is 12.2 Å². The number of rotatable bonds is 6. The molecule has 2 aromatic heterocycles. The Labute approximate surface area is 147 Å². The van der Waals surface area contributed by atoms with Gasteiger partial charge in [-0.3, -0.25) is 14.5 Å². The van der Waals surface area contributed by atoms with Gasteiger partial charge in [-0.1, -0.05) is 24.3 Å². The minimum absolute atomic E-state index is 0.113. The molecule has 8 heteroatoms. The molecule has 0 atom stereocenters. The number of nitrogens with zero attached hydrogens (tertiary/aromatic N) is 2. The minimum atomic E-state index is -0.113. The maximum Gasteiger partial charge on any atom is 0.222 e. The normalized spacial score (nSPS) is 10.7. The number of carbonyl (C=O) groups excluding carboxylic acids is 1. The van der Waals surface area contributed by atoms with Crippen LogP contribution in [0.2, 0.25) is 0 Å². The average molecular weight is 360 g/mol. The van der Waals surface area contributed by atoms with Crippen molar-refractivity contribution < 1.29 is 9.90 Å². The summed E-state index contributed by atoms with van der Waals surface area (Å²) in [5.74, 6) is 0.803. The van der Waals surface area contributed by atoms with Crippen LogP contribution in [-0.4, -0.2) is 25.8 Å². The van der Waals surface area contributed by atoms with Crippen LogP contribution in [0.4, 0.5) is 0 Å². The van der Waals surface area contributed by atoms with Crippen molar-refractivity contribution in [2.24, 2.45) is 0 Å². The van der Waals surface area contributed by atoms with Crippen molar-refractivity contribution in [2.75, 3.05) is 0 Å². The van der Waals surface area contributed by atoms with Gasteiger partial charge in [0.1, 0.15) is 5.75 Å². The average Bonchev–Trinajstić information content (AvgIpc) is 3.22. The summed E-state index contributed by atoms with van der Waals surface area (Å²) in [6.45, 7) is 0.731. The van der Waals surface area contributed by atoms with E-state index in [0.717, 1.165) is 10.7 Å². The van der Waals surface area contributed by atoms with Gasteiger partial charge >= 0.3 is 0 Å². The fraction of sp³-hybridized carbons (Fsp3) is 0.188. The Hall–Kier alpha value is -2.45. The molecule has 24 heavy (non-hydrogen) atoms. The van der Waals surface area contributed by atoms with Crippen molar-refractivity contribution in [2.45, 2.75) is 19.5 Å². The molecule has 0 aliphatic heterocycles. The molecule has 1 aromatic carbocycles. The Kier molecular flexibility index (Phi) is 5.07. The smallest absolute Gasteiger partial charge is 0.222 e. The maximum atomic E-state index is 12.1. The number of para-hydroxylation sites is 1. The second-order valence-corrected chi connectivity index (χ2v) is 6.47. The first kappa shape index (κ1) is 16.4. The number of hydrogen-bond acceptors (Lipinski definition) is 5. The highest BCUT2D eigenvalue weighted by Gasteiger charge is 2.11. The van der Waals surface area contributed by atoms with Crippen LogP contribution in [-0.2, 0) is 17.9 Å². The molecule has 0 bridgehead atoms. The molecule has 0 aliphatic rings. The summed E-state index contributed by atoms with van der Waals surface area (Å²) in [6.07, 6.45) is 0.278. The molecule has 1 amide bonds. The lowest BCUT2D eigenvalue weighted by Gasteiger charge is -2.08. The number of aromatic amines is 1. The molecule has 6 nitrogen and oxygen atoms in total. The zero-order chi connectivity index (χ0) is 16.9. The third-order valence-electron chi connectivity index (χ3n) is 3.53. The van der Waals surface area contributed by atoms with Crippen molar-refractivity contribution in [1.29, 1.82) is 0 Å². The van der Waals surface area contributed by atoms with E-state index in [1.165, 1.54) is 0 Å². The molecule has 0 spiro atoms. The van der Waals surface area contributed by atoms with Crippen LogP contribution < -0.4 is 5.32 Å². The number of phenolic OH excluding ortho intramolecular Hbond substituents is 1. The van der Waals surface area contributed by atoms with Crippen LogP contribution >= 0.6 is 23.6 Å². The van der Waals surface area contributed by atoms with E-state index in [9.17, 15) is 9.90 Å². The van der Waals surface area contributed by atoms with Crippen LogP contribution in [0.25, 0.3) is 10.7 Å². The second-order valence-electron chi connectivity index (χ2n) is 5.14. The first-order chi connectivity index (χ1) is 11.6. The van der Waals surface area contributed by atoms with Gasteiger partial charge in [0.2, 0.25) is 5.91 Å². The number of hydrogen-bond donors (Lipinski definition) is 3. The summed E-state index contributed by atoms with van der Waals surface area (Å²) in [4.78, 5) is 13.1. The fourth-order valence-electron chi connectivity index (χ4n) is 2.27. The van der Waals surface area contributed by atoms with Crippen LogP contribution in [0.15, 0.2) is 41.8 Å². The number of carbonyl (C=O) groups is 1. The topological polar surface area (TPSA) is 82.9 Å². The van der Waals surface area contributed by atoms with Crippen molar-refractivity contribution >= 4 is 29.5 Å². The van der Waals surface area contributed by atoms with E-state index in [0.29, 0.717) is 23.4 Å². The van der Waals surface area contributed by atoms with Gasteiger partial charge in [0.15, 0.2) is 10.6 Å². The van der Waals surface area contributed by atoms with Gasteiger partial charge in [-0.15, -0.1) is 11.3 Å². The standard InChI is InChI=1S/C16H16N4O2S2/c21-12-5-2-1-4-11(12)10-17-14(22)7-8-20-15(18-19-16(20)23)13-6-3-9-24-13/h1-6,9,21H,7-8,10H2,(H,17,22)(H,19,23). The highest BCUT2D eigenvalue weighted by Crippen LogP contribution is 2.22. The number of aromatic hydroxyl groups is 1. The van der Waals surface area contributed by atoms with Crippen LogP contribution in [0.1, 0.15) is 12.0 Å². The van der Waals surface area contributed by atoms with Crippen LogP contribution in [0.3, 0.4) is 0 Å². The Morgan fingerprint density at radius 1 is 1.33 bits per heavy atom. The summed E-state index contributed by atoms with van der Waals surface area (Å²) in [6, 6.07) is 10.8. The van der Waals surface area contributed by atoms with E-state index in [-0.39, 0.29) is 18.1 Å². The van der Waals surface area contributed by atoms with Gasteiger partial charge in [0.05, 0.1) is 4.88 Å². The van der Waals surface area contributed by atoms with E-state index >= 15 is 0 Å². The molecule has 0 saturated carbocycles.